The van der Waals surface area contributed by atoms with Crippen LogP contribution in [-0.2, 0) is 14.3 Å². The fraction of sp³-hybridized carbons (Fsp3) is 0.391. The van der Waals surface area contributed by atoms with Crippen LogP contribution in [0.1, 0.15) is 11.6 Å². The Balaban J connectivity index is 1.66. The molecule has 2 amide bonds. The van der Waals surface area contributed by atoms with Crippen molar-refractivity contribution in [1.82, 2.24) is 10.2 Å². The number of anilines is 2. The molecule has 1 aliphatic heterocycles. The van der Waals surface area contributed by atoms with Crippen molar-refractivity contribution in [3.05, 3.63) is 54.1 Å². The Kier molecular flexibility index (Phi) is 7.86. The Bertz CT molecular complexity index is 879. The summed E-state index contributed by atoms with van der Waals surface area (Å²) in [4.78, 5) is 29.1. The first-order valence-electron chi connectivity index (χ1n) is 10.3. The lowest BCUT2D eigenvalue weighted by molar-refractivity contribution is -0.136. The molecule has 1 saturated heterocycles. The van der Waals surface area contributed by atoms with Gasteiger partial charge in [0.25, 0.3) is 0 Å². The van der Waals surface area contributed by atoms with E-state index in [-0.39, 0.29) is 6.04 Å². The number of nitrogens with zero attached hydrogens (tertiary/aromatic N) is 2. The second-order valence-corrected chi connectivity index (χ2v) is 7.55. The maximum Gasteiger partial charge on any atom is 0.313 e. The number of hydrogen-bond donors (Lipinski definition) is 2. The molecule has 3 rings (SSSR count). The highest BCUT2D eigenvalue weighted by Gasteiger charge is 2.24. The van der Waals surface area contributed by atoms with Crippen molar-refractivity contribution in [2.24, 2.45) is 0 Å². The first kappa shape index (κ1) is 22.6. The molecule has 1 atom stereocenters. The van der Waals surface area contributed by atoms with Gasteiger partial charge in [-0.25, -0.2) is 0 Å². The molecular weight excluding hydrogens is 396 g/mol. The second-order valence-electron chi connectivity index (χ2n) is 7.55. The maximum absolute atomic E-state index is 12.5. The first-order valence-corrected chi connectivity index (χ1v) is 10.3. The van der Waals surface area contributed by atoms with Gasteiger partial charge in [0.2, 0.25) is 0 Å². The molecule has 0 aliphatic carbocycles. The van der Waals surface area contributed by atoms with Gasteiger partial charge in [-0.15, -0.1) is 0 Å². The Morgan fingerprint density at radius 3 is 2.45 bits per heavy atom. The molecule has 1 aliphatic rings. The molecule has 2 aromatic carbocycles. The molecule has 1 heterocycles. The lowest BCUT2D eigenvalue weighted by Crippen LogP contribution is -2.45. The predicted octanol–water partition coefficient (Wildman–Crippen LogP) is 1.89. The molecule has 0 bridgehead atoms. The number of hydrogen-bond acceptors (Lipinski definition) is 6. The minimum absolute atomic E-state index is 0.0475. The third-order valence-corrected chi connectivity index (χ3v) is 5.27. The monoisotopic (exact) mass is 426 g/mol. The van der Waals surface area contributed by atoms with E-state index < -0.39 is 11.8 Å². The Morgan fingerprint density at radius 1 is 1.10 bits per heavy atom. The Morgan fingerprint density at radius 2 is 1.81 bits per heavy atom. The number of benzene rings is 2. The summed E-state index contributed by atoms with van der Waals surface area (Å²) in [5.41, 5.74) is 2.69. The molecule has 8 nitrogen and oxygen atoms in total. The average Bonchev–Trinajstić information content (AvgIpc) is 2.80. The van der Waals surface area contributed by atoms with E-state index in [0.29, 0.717) is 31.2 Å². The number of nitrogens with one attached hydrogen (secondary N) is 2. The zero-order valence-corrected chi connectivity index (χ0v) is 18.3. The van der Waals surface area contributed by atoms with E-state index in [2.05, 4.69) is 39.8 Å². The van der Waals surface area contributed by atoms with Gasteiger partial charge in [-0.05, 0) is 29.8 Å². The molecule has 31 heavy (non-hydrogen) atoms. The summed E-state index contributed by atoms with van der Waals surface area (Å²) < 4.78 is 10.6. The van der Waals surface area contributed by atoms with E-state index in [1.807, 2.05) is 19.0 Å². The van der Waals surface area contributed by atoms with E-state index in [1.54, 1.807) is 31.4 Å². The van der Waals surface area contributed by atoms with E-state index in [9.17, 15) is 9.59 Å². The summed E-state index contributed by atoms with van der Waals surface area (Å²) in [7, 11) is 5.54. The average molecular weight is 427 g/mol. The van der Waals surface area contributed by atoms with Crippen LogP contribution in [0.3, 0.4) is 0 Å². The van der Waals surface area contributed by atoms with Crippen molar-refractivity contribution >= 4 is 23.2 Å². The molecule has 8 heteroatoms. The maximum atomic E-state index is 12.5. The zero-order chi connectivity index (χ0) is 22.2. The number of rotatable bonds is 7. The molecule has 2 aromatic rings. The number of methoxy groups -OCH3 is 1. The molecule has 0 radical (unpaired) electrons. The van der Waals surface area contributed by atoms with E-state index in [1.165, 1.54) is 0 Å². The lowest BCUT2D eigenvalue weighted by atomic mass is 10.0. The number of morpholine rings is 1. The molecule has 1 fully saturated rings. The summed E-state index contributed by atoms with van der Waals surface area (Å²) in [6, 6.07) is 15.1. The van der Waals surface area contributed by atoms with Crippen LogP contribution in [0, 0.1) is 0 Å². The van der Waals surface area contributed by atoms with Crippen molar-refractivity contribution in [2.75, 3.05) is 64.3 Å². The molecule has 0 saturated carbocycles. The molecule has 0 aromatic heterocycles. The van der Waals surface area contributed by atoms with Crippen molar-refractivity contribution in [1.29, 1.82) is 0 Å². The van der Waals surface area contributed by atoms with Gasteiger partial charge in [0.05, 0.1) is 26.4 Å². The number of ether oxygens (including phenoxy) is 2. The van der Waals surface area contributed by atoms with Crippen LogP contribution >= 0.6 is 0 Å². The van der Waals surface area contributed by atoms with Gasteiger partial charge in [-0.3, -0.25) is 14.5 Å². The quantitative estimate of drug-likeness (QED) is 0.658. The Labute approximate surface area is 183 Å². The summed E-state index contributed by atoms with van der Waals surface area (Å²) >= 11 is 0. The third kappa shape index (κ3) is 6.19. The lowest BCUT2D eigenvalue weighted by Gasteiger charge is -2.35. The van der Waals surface area contributed by atoms with Crippen LogP contribution in [0.2, 0.25) is 0 Å². The second kappa shape index (κ2) is 10.8. The fourth-order valence-electron chi connectivity index (χ4n) is 3.50. The SMILES string of the molecule is COc1cccc(NC(=O)C(=O)NCC(c2ccc(N(C)C)cc2)N2CCOCC2)c1. The number of carbonyl (C=O) groups excluding carboxylic acids is 2. The molecule has 166 valence electrons. The predicted molar refractivity (Wildman–Crippen MR) is 121 cm³/mol. The normalized spacial score (nSPS) is 15.1. The van der Waals surface area contributed by atoms with E-state index in [4.69, 9.17) is 9.47 Å². The summed E-state index contributed by atoms with van der Waals surface area (Å²) in [5, 5.41) is 5.40. The highest BCUT2D eigenvalue weighted by Crippen LogP contribution is 2.24. The van der Waals surface area contributed by atoms with Gasteiger partial charge in [0, 0.05) is 51.2 Å². The van der Waals surface area contributed by atoms with Gasteiger partial charge >= 0.3 is 11.8 Å². The number of amides is 2. The summed E-state index contributed by atoms with van der Waals surface area (Å²) in [5.74, 6) is -0.783. The minimum Gasteiger partial charge on any atom is -0.497 e. The van der Waals surface area contributed by atoms with Crippen LogP contribution < -0.4 is 20.3 Å². The van der Waals surface area contributed by atoms with Gasteiger partial charge in [0.1, 0.15) is 5.75 Å². The topological polar surface area (TPSA) is 83.1 Å². The Hall–Kier alpha value is -3.10. The van der Waals surface area contributed by atoms with E-state index in [0.717, 1.165) is 24.3 Å². The van der Waals surface area contributed by atoms with Gasteiger partial charge in [-0.1, -0.05) is 18.2 Å². The molecular formula is C23H30N4O4. The van der Waals surface area contributed by atoms with Crippen LogP contribution in [0.5, 0.6) is 5.75 Å². The zero-order valence-electron chi connectivity index (χ0n) is 18.3. The highest BCUT2D eigenvalue weighted by atomic mass is 16.5. The summed E-state index contributed by atoms with van der Waals surface area (Å²) in [6.45, 7) is 3.16. The molecule has 2 N–H and O–H groups in total. The van der Waals surface area contributed by atoms with Crippen molar-refractivity contribution < 1.29 is 19.1 Å². The van der Waals surface area contributed by atoms with Crippen molar-refractivity contribution in [3.63, 3.8) is 0 Å². The van der Waals surface area contributed by atoms with E-state index >= 15 is 0 Å². The largest absolute Gasteiger partial charge is 0.497 e. The number of carbonyl (C=O) groups is 2. The van der Waals surface area contributed by atoms with Crippen LogP contribution in [0.15, 0.2) is 48.5 Å². The van der Waals surface area contributed by atoms with Gasteiger partial charge in [-0.2, -0.15) is 0 Å². The highest BCUT2D eigenvalue weighted by molar-refractivity contribution is 6.39. The van der Waals surface area contributed by atoms with Crippen molar-refractivity contribution in [2.45, 2.75) is 6.04 Å². The third-order valence-electron chi connectivity index (χ3n) is 5.27. The smallest absolute Gasteiger partial charge is 0.313 e. The van der Waals surface area contributed by atoms with Crippen LogP contribution in [0.25, 0.3) is 0 Å². The standard InChI is InChI=1S/C23H30N4O4/c1-26(2)19-9-7-17(8-10-19)21(27-11-13-31-14-12-27)16-24-22(28)23(29)25-18-5-4-6-20(15-18)30-3/h4-10,15,21H,11-14,16H2,1-3H3,(H,24,28)(H,25,29). The molecule has 0 spiro atoms. The van der Waals surface area contributed by atoms with Gasteiger partial charge in [0.15, 0.2) is 0 Å². The minimum atomic E-state index is -0.711. The summed E-state index contributed by atoms with van der Waals surface area (Å²) in [6.07, 6.45) is 0. The fourth-order valence-corrected chi connectivity index (χ4v) is 3.50. The van der Waals surface area contributed by atoms with Gasteiger partial charge < -0.3 is 25.0 Å². The first-order chi connectivity index (χ1) is 15.0. The van der Waals surface area contributed by atoms with Crippen LogP contribution in [-0.4, -0.2) is 70.8 Å². The molecule has 1 unspecified atom stereocenters. The van der Waals surface area contributed by atoms with Crippen molar-refractivity contribution in [3.8, 4) is 5.75 Å². The van der Waals surface area contributed by atoms with Crippen LogP contribution in [0.4, 0.5) is 11.4 Å².